The van der Waals surface area contributed by atoms with Crippen LogP contribution < -0.4 is 0 Å². The van der Waals surface area contributed by atoms with Crippen molar-refractivity contribution in [2.45, 2.75) is 374 Å². The van der Waals surface area contributed by atoms with Gasteiger partial charge in [-0.3, -0.25) is 37.3 Å². The largest absolute Gasteiger partial charge is 0.472 e. The summed E-state index contributed by atoms with van der Waals surface area (Å²) < 4.78 is 68.3. The number of carbonyl (C=O) groups excluding carboxylic acids is 4. The minimum atomic E-state index is -4.95. The molecule has 0 amide bonds. The summed E-state index contributed by atoms with van der Waals surface area (Å²) in [4.78, 5) is 72.5. The summed E-state index contributed by atoms with van der Waals surface area (Å²) in [6.07, 6.45) is 47.1. The van der Waals surface area contributed by atoms with Gasteiger partial charge in [0.05, 0.1) is 26.4 Å². The van der Waals surface area contributed by atoms with Crippen LogP contribution in [-0.2, 0) is 65.4 Å². The Kier molecular flexibility index (Phi) is 60.8. The molecule has 0 fully saturated rings. The van der Waals surface area contributed by atoms with Crippen LogP contribution in [0, 0.1) is 11.8 Å². The van der Waals surface area contributed by atoms with Gasteiger partial charge in [0.15, 0.2) is 12.2 Å². The number of unbranched alkanes of at least 4 members (excludes halogenated alkanes) is 39. The van der Waals surface area contributed by atoms with Gasteiger partial charge in [-0.05, 0) is 37.5 Å². The van der Waals surface area contributed by atoms with Gasteiger partial charge in [0.1, 0.15) is 19.3 Å². The molecule has 0 spiro atoms. The minimum absolute atomic E-state index is 0.107. The van der Waals surface area contributed by atoms with Crippen molar-refractivity contribution in [3.05, 3.63) is 0 Å². The first-order valence-electron chi connectivity index (χ1n) is 36.5. The Bertz CT molecular complexity index is 1730. The number of hydrogen-bond donors (Lipinski definition) is 3. The van der Waals surface area contributed by atoms with Crippen LogP contribution in [0.15, 0.2) is 0 Å². The highest BCUT2D eigenvalue weighted by Crippen LogP contribution is 2.45. The molecule has 0 aliphatic carbocycles. The lowest BCUT2D eigenvalue weighted by Crippen LogP contribution is -2.30. The van der Waals surface area contributed by atoms with E-state index in [0.717, 1.165) is 102 Å². The Morgan fingerprint density at radius 1 is 0.303 bits per heavy atom. The molecule has 0 aliphatic rings. The summed E-state index contributed by atoms with van der Waals surface area (Å²) >= 11 is 0. The van der Waals surface area contributed by atoms with Crippen LogP contribution in [-0.4, -0.2) is 96.7 Å². The van der Waals surface area contributed by atoms with Crippen molar-refractivity contribution >= 4 is 39.5 Å². The van der Waals surface area contributed by atoms with Crippen molar-refractivity contribution in [1.29, 1.82) is 0 Å². The highest BCUT2D eigenvalue weighted by atomic mass is 31.2. The van der Waals surface area contributed by atoms with Crippen LogP contribution in [0.25, 0.3) is 0 Å². The van der Waals surface area contributed by atoms with Crippen LogP contribution >= 0.6 is 15.6 Å². The molecule has 2 unspecified atom stereocenters. The Balaban J connectivity index is 5.24. The van der Waals surface area contributed by atoms with Gasteiger partial charge in [-0.1, -0.05) is 305 Å². The Morgan fingerprint density at radius 3 is 0.764 bits per heavy atom. The molecule has 0 bridgehead atoms. The molecular formula is C70H136O17P2. The molecule has 89 heavy (non-hydrogen) atoms. The Morgan fingerprint density at radius 2 is 0.517 bits per heavy atom. The molecule has 0 rings (SSSR count). The number of aliphatic hydroxyl groups excluding tert-OH is 1. The maximum absolute atomic E-state index is 13.0. The van der Waals surface area contributed by atoms with Crippen LogP contribution in [0.4, 0.5) is 0 Å². The van der Waals surface area contributed by atoms with E-state index in [1.165, 1.54) is 173 Å². The second-order valence-corrected chi connectivity index (χ2v) is 29.1. The fourth-order valence-electron chi connectivity index (χ4n) is 10.6. The van der Waals surface area contributed by atoms with Crippen molar-refractivity contribution in [2.75, 3.05) is 39.6 Å². The number of ether oxygens (including phenoxy) is 4. The van der Waals surface area contributed by atoms with Gasteiger partial charge in [-0.25, -0.2) is 9.13 Å². The van der Waals surface area contributed by atoms with E-state index in [4.69, 9.17) is 37.0 Å². The zero-order valence-electron chi connectivity index (χ0n) is 57.7. The number of rotatable bonds is 69. The van der Waals surface area contributed by atoms with Gasteiger partial charge in [0, 0.05) is 25.7 Å². The predicted octanol–water partition coefficient (Wildman–Crippen LogP) is 20.0. The summed E-state index contributed by atoms with van der Waals surface area (Å²) in [7, 11) is -9.90. The van der Waals surface area contributed by atoms with E-state index in [-0.39, 0.29) is 25.7 Å². The number of esters is 4. The fraction of sp³-hybridized carbons (Fsp3) is 0.943. The molecule has 528 valence electrons. The van der Waals surface area contributed by atoms with E-state index in [2.05, 4.69) is 41.5 Å². The van der Waals surface area contributed by atoms with Crippen molar-refractivity contribution in [1.82, 2.24) is 0 Å². The molecule has 5 atom stereocenters. The quantitative estimate of drug-likeness (QED) is 0.0222. The molecule has 0 saturated carbocycles. The van der Waals surface area contributed by atoms with Gasteiger partial charge in [-0.2, -0.15) is 0 Å². The van der Waals surface area contributed by atoms with E-state index >= 15 is 0 Å². The number of carbonyl (C=O) groups is 4. The zero-order valence-corrected chi connectivity index (χ0v) is 59.5. The molecule has 3 N–H and O–H groups in total. The Hall–Kier alpha value is -1.94. The molecule has 0 aliphatic heterocycles. The number of phosphoric ester groups is 2. The maximum Gasteiger partial charge on any atom is 0.472 e. The highest BCUT2D eigenvalue weighted by Gasteiger charge is 2.30. The van der Waals surface area contributed by atoms with Crippen molar-refractivity contribution < 1.29 is 80.2 Å². The van der Waals surface area contributed by atoms with E-state index in [1.807, 2.05) is 0 Å². The number of hydrogen-bond acceptors (Lipinski definition) is 15. The first-order chi connectivity index (χ1) is 42.9. The first-order valence-corrected chi connectivity index (χ1v) is 39.5. The molecule has 0 heterocycles. The lowest BCUT2D eigenvalue weighted by molar-refractivity contribution is -0.161. The lowest BCUT2D eigenvalue weighted by Gasteiger charge is -2.21. The van der Waals surface area contributed by atoms with Crippen LogP contribution in [0.1, 0.15) is 356 Å². The third-order valence-electron chi connectivity index (χ3n) is 16.2. The summed E-state index contributed by atoms with van der Waals surface area (Å²) in [6, 6.07) is 0. The normalized spacial score (nSPS) is 14.1. The van der Waals surface area contributed by atoms with Crippen molar-refractivity contribution in [3.63, 3.8) is 0 Å². The second-order valence-electron chi connectivity index (χ2n) is 26.2. The first kappa shape index (κ1) is 87.1. The predicted molar refractivity (Wildman–Crippen MR) is 358 cm³/mol. The monoisotopic (exact) mass is 1310 g/mol. The maximum atomic E-state index is 13.0. The average molecular weight is 1310 g/mol. The fourth-order valence-corrected chi connectivity index (χ4v) is 12.2. The Labute approximate surface area is 543 Å². The molecule has 0 aromatic rings. The van der Waals surface area contributed by atoms with Crippen LogP contribution in [0.5, 0.6) is 0 Å². The zero-order chi connectivity index (χ0) is 65.7. The van der Waals surface area contributed by atoms with Crippen LogP contribution in [0.2, 0.25) is 0 Å². The van der Waals surface area contributed by atoms with Crippen molar-refractivity contribution in [3.8, 4) is 0 Å². The molecule has 0 radical (unpaired) electrons. The second kappa shape index (κ2) is 62.2. The van der Waals surface area contributed by atoms with E-state index in [0.29, 0.717) is 25.7 Å². The SMILES string of the molecule is CCCCCCCCCCCCCC(=O)O[C@H](COC(=O)CCCCCCCCCCCC)COP(=O)(O)OC[C@H](O)COP(=O)(O)OC[C@@H](COC(=O)CCCCCCCCCCCC(C)C)OC(=O)CCCCCCCCCCCCCCCC(C)C. The standard InChI is InChI=1S/C70H136O17P2/c1-7-9-11-13-15-17-22-29-36-42-48-54-69(74)86-65(58-80-67(72)52-46-40-34-28-18-16-14-12-10-8-2)60-84-88(76,77)82-56-64(71)57-83-89(78,79)85-61-66(59-81-68(73)53-47-41-35-31-25-27-33-39-45-51-63(5)6)87-70(75)55-49-43-37-30-24-21-19-20-23-26-32-38-44-50-62(3)4/h62-66,71H,7-61H2,1-6H3,(H,76,77)(H,78,79)/t64-,65+,66+/m0/s1. The molecular weight excluding hydrogens is 1170 g/mol. The van der Waals surface area contributed by atoms with Gasteiger partial charge < -0.3 is 33.8 Å². The van der Waals surface area contributed by atoms with E-state index in [1.54, 1.807) is 0 Å². The number of phosphoric acid groups is 2. The topological polar surface area (TPSA) is 237 Å². The third kappa shape index (κ3) is 64.6. The molecule has 17 nitrogen and oxygen atoms in total. The minimum Gasteiger partial charge on any atom is -0.462 e. The van der Waals surface area contributed by atoms with E-state index in [9.17, 15) is 43.2 Å². The highest BCUT2D eigenvalue weighted by molar-refractivity contribution is 7.47. The number of aliphatic hydroxyl groups is 1. The average Bonchev–Trinajstić information content (AvgIpc) is 3.56. The molecule has 19 heteroatoms. The third-order valence-corrected chi connectivity index (χ3v) is 18.1. The van der Waals surface area contributed by atoms with Gasteiger partial charge in [0.2, 0.25) is 0 Å². The summed E-state index contributed by atoms with van der Waals surface area (Å²) in [5.41, 5.74) is 0. The summed E-state index contributed by atoms with van der Waals surface area (Å²) in [6.45, 7) is 9.54. The van der Waals surface area contributed by atoms with Crippen molar-refractivity contribution in [2.24, 2.45) is 11.8 Å². The smallest absolute Gasteiger partial charge is 0.462 e. The molecule has 0 aromatic heterocycles. The summed E-state index contributed by atoms with van der Waals surface area (Å²) in [5.74, 6) is -0.593. The van der Waals surface area contributed by atoms with Gasteiger partial charge in [0.25, 0.3) is 0 Å². The molecule has 0 aromatic carbocycles. The van der Waals surface area contributed by atoms with Gasteiger partial charge >= 0.3 is 39.5 Å². The van der Waals surface area contributed by atoms with E-state index < -0.39 is 97.5 Å². The van der Waals surface area contributed by atoms with Gasteiger partial charge in [-0.15, -0.1) is 0 Å². The van der Waals surface area contributed by atoms with Crippen LogP contribution in [0.3, 0.4) is 0 Å². The molecule has 0 saturated heterocycles. The summed E-state index contributed by atoms with van der Waals surface area (Å²) in [5, 5.41) is 10.6. The lowest BCUT2D eigenvalue weighted by atomic mass is 10.0.